The highest BCUT2D eigenvalue weighted by Gasteiger charge is 2.39. The summed E-state index contributed by atoms with van der Waals surface area (Å²) in [5, 5.41) is 15.1. The molecule has 2 rings (SSSR count). The summed E-state index contributed by atoms with van der Waals surface area (Å²) in [6, 6.07) is -0.124. The van der Waals surface area contributed by atoms with Crippen LogP contribution in [0.25, 0.3) is 0 Å². The van der Waals surface area contributed by atoms with E-state index in [-0.39, 0.29) is 18.4 Å². The molecule has 1 atom stereocenters. The van der Waals surface area contributed by atoms with Crippen LogP contribution in [0.2, 0.25) is 0 Å². The van der Waals surface area contributed by atoms with Gasteiger partial charge in [0.1, 0.15) is 0 Å². The lowest BCUT2D eigenvalue weighted by molar-refractivity contribution is -0.139. The van der Waals surface area contributed by atoms with Gasteiger partial charge in [-0.3, -0.25) is 9.59 Å². The first kappa shape index (κ1) is 12.4. The first-order valence-electron chi connectivity index (χ1n) is 6.39. The van der Waals surface area contributed by atoms with Crippen LogP contribution >= 0.6 is 0 Å². The maximum atomic E-state index is 12.0. The van der Waals surface area contributed by atoms with Crippen molar-refractivity contribution in [2.24, 2.45) is 0 Å². The SMILES string of the molecule is O=C(O)CC1(NC(=O)C2CCCN2)CCCC1. The van der Waals surface area contributed by atoms with Gasteiger partial charge < -0.3 is 15.7 Å². The Morgan fingerprint density at radius 3 is 2.53 bits per heavy atom. The van der Waals surface area contributed by atoms with Crippen molar-refractivity contribution in [2.75, 3.05) is 6.54 Å². The average molecular weight is 240 g/mol. The van der Waals surface area contributed by atoms with E-state index >= 15 is 0 Å². The van der Waals surface area contributed by atoms with Gasteiger partial charge in [-0.15, -0.1) is 0 Å². The van der Waals surface area contributed by atoms with Crippen LogP contribution in [0.4, 0.5) is 0 Å². The Hall–Kier alpha value is -1.10. The fraction of sp³-hybridized carbons (Fsp3) is 0.833. The average Bonchev–Trinajstić information content (AvgIpc) is 2.86. The molecular formula is C12H20N2O3. The molecule has 0 bridgehead atoms. The number of aliphatic carboxylic acids is 1. The highest BCUT2D eigenvalue weighted by molar-refractivity contribution is 5.83. The molecule has 0 radical (unpaired) electrons. The minimum atomic E-state index is -0.827. The van der Waals surface area contributed by atoms with Gasteiger partial charge in [0.05, 0.1) is 18.0 Å². The normalized spacial score (nSPS) is 26.9. The molecule has 96 valence electrons. The third-order valence-electron chi connectivity index (χ3n) is 3.82. The van der Waals surface area contributed by atoms with Crippen molar-refractivity contribution in [2.45, 2.75) is 56.5 Å². The van der Waals surface area contributed by atoms with Crippen LogP contribution in [0.5, 0.6) is 0 Å². The predicted octanol–water partition coefficient (Wildman–Crippen LogP) is 0.642. The maximum absolute atomic E-state index is 12.0. The second-order valence-corrected chi connectivity index (χ2v) is 5.20. The number of carbonyl (C=O) groups excluding carboxylic acids is 1. The molecule has 2 fully saturated rings. The summed E-state index contributed by atoms with van der Waals surface area (Å²) in [7, 11) is 0. The van der Waals surface area contributed by atoms with Gasteiger partial charge in [-0.2, -0.15) is 0 Å². The topological polar surface area (TPSA) is 78.4 Å². The van der Waals surface area contributed by atoms with Crippen LogP contribution in [-0.4, -0.2) is 35.1 Å². The Kier molecular flexibility index (Phi) is 3.66. The van der Waals surface area contributed by atoms with E-state index in [0.29, 0.717) is 0 Å². The Bertz CT molecular complexity index is 305. The van der Waals surface area contributed by atoms with Crippen LogP contribution in [0, 0.1) is 0 Å². The minimum absolute atomic E-state index is 0.0225. The molecule has 3 N–H and O–H groups in total. The fourth-order valence-corrected chi connectivity index (χ4v) is 2.94. The fourth-order valence-electron chi connectivity index (χ4n) is 2.94. The van der Waals surface area contributed by atoms with Crippen LogP contribution in [0.1, 0.15) is 44.9 Å². The second kappa shape index (κ2) is 5.04. The standard InChI is InChI=1S/C12H20N2O3/c15-10(16)8-12(5-1-2-6-12)14-11(17)9-4-3-7-13-9/h9,13H,1-8H2,(H,14,17)(H,15,16). The van der Waals surface area contributed by atoms with Crippen molar-refractivity contribution in [1.82, 2.24) is 10.6 Å². The molecule has 1 saturated heterocycles. The number of carboxylic acid groups (broad SMARTS) is 1. The molecule has 2 aliphatic rings. The lowest BCUT2D eigenvalue weighted by Crippen LogP contribution is -2.53. The summed E-state index contributed by atoms with van der Waals surface area (Å²) < 4.78 is 0. The van der Waals surface area contributed by atoms with Crippen LogP contribution in [0.15, 0.2) is 0 Å². The molecule has 1 aliphatic carbocycles. The molecule has 1 saturated carbocycles. The van der Waals surface area contributed by atoms with Crippen LogP contribution in [0.3, 0.4) is 0 Å². The van der Waals surface area contributed by atoms with Gasteiger partial charge in [0.15, 0.2) is 0 Å². The summed E-state index contributed by atoms with van der Waals surface area (Å²) in [4.78, 5) is 22.9. The molecule has 0 aromatic heterocycles. The Balaban J connectivity index is 1.97. The van der Waals surface area contributed by atoms with Gasteiger partial charge in [-0.25, -0.2) is 0 Å². The highest BCUT2D eigenvalue weighted by atomic mass is 16.4. The van der Waals surface area contributed by atoms with Crippen molar-refractivity contribution in [3.05, 3.63) is 0 Å². The molecule has 17 heavy (non-hydrogen) atoms. The summed E-state index contributed by atoms with van der Waals surface area (Å²) >= 11 is 0. The number of hydrogen-bond donors (Lipinski definition) is 3. The Morgan fingerprint density at radius 2 is 2.00 bits per heavy atom. The van der Waals surface area contributed by atoms with E-state index in [0.717, 1.165) is 45.1 Å². The third kappa shape index (κ3) is 2.97. The van der Waals surface area contributed by atoms with Crippen LogP contribution < -0.4 is 10.6 Å². The van der Waals surface area contributed by atoms with E-state index in [2.05, 4.69) is 10.6 Å². The molecule has 1 heterocycles. The van der Waals surface area contributed by atoms with E-state index in [1.165, 1.54) is 0 Å². The molecule has 1 aliphatic heterocycles. The van der Waals surface area contributed by atoms with E-state index in [1.807, 2.05) is 0 Å². The smallest absolute Gasteiger partial charge is 0.305 e. The van der Waals surface area contributed by atoms with Gasteiger partial charge >= 0.3 is 5.97 Å². The van der Waals surface area contributed by atoms with E-state index in [1.54, 1.807) is 0 Å². The Labute approximate surface area is 101 Å². The number of rotatable bonds is 4. The van der Waals surface area contributed by atoms with Gasteiger partial charge in [-0.1, -0.05) is 12.8 Å². The first-order chi connectivity index (χ1) is 8.11. The summed E-state index contributed by atoms with van der Waals surface area (Å²) in [6.07, 6.45) is 5.51. The summed E-state index contributed by atoms with van der Waals surface area (Å²) in [5.41, 5.74) is -0.493. The zero-order valence-corrected chi connectivity index (χ0v) is 10.00. The van der Waals surface area contributed by atoms with Crippen molar-refractivity contribution in [3.8, 4) is 0 Å². The maximum Gasteiger partial charge on any atom is 0.305 e. The van der Waals surface area contributed by atoms with Gasteiger partial charge in [0.25, 0.3) is 0 Å². The number of amides is 1. The molecule has 5 heteroatoms. The minimum Gasteiger partial charge on any atom is -0.481 e. The number of carbonyl (C=O) groups is 2. The Morgan fingerprint density at radius 1 is 1.29 bits per heavy atom. The quantitative estimate of drug-likeness (QED) is 0.674. The van der Waals surface area contributed by atoms with E-state index < -0.39 is 11.5 Å². The van der Waals surface area contributed by atoms with E-state index in [4.69, 9.17) is 5.11 Å². The molecule has 0 aromatic carbocycles. The second-order valence-electron chi connectivity index (χ2n) is 5.20. The lowest BCUT2D eigenvalue weighted by Gasteiger charge is -2.30. The highest BCUT2D eigenvalue weighted by Crippen LogP contribution is 2.32. The molecular weight excluding hydrogens is 220 g/mol. The third-order valence-corrected chi connectivity index (χ3v) is 3.82. The number of nitrogens with one attached hydrogen (secondary N) is 2. The van der Waals surface area contributed by atoms with Gasteiger partial charge in [-0.05, 0) is 32.2 Å². The van der Waals surface area contributed by atoms with Crippen molar-refractivity contribution >= 4 is 11.9 Å². The van der Waals surface area contributed by atoms with Gasteiger partial charge in [0, 0.05) is 0 Å². The first-order valence-corrected chi connectivity index (χ1v) is 6.39. The summed E-state index contributed by atoms with van der Waals surface area (Å²) in [5.74, 6) is -0.850. The number of hydrogen-bond acceptors (Lipinski definition) is 3. The summed E-state index contributed by atoms with van der Waals surface area (Å²) in [6.45, 7) is 0.879. The van der Waals surface area contributed by atoms with Crippen molar-refractivity contribution in [3.63, 3.8) is 0 Å². The predicted molar refractivity (Wildman–Crippen MR) is 62.6 cm³/mol. The van der Waals surface area contributed by atoms with Crippen LogP contribution in [-0.2, 0) is 9.59 Å². The molecule has 1 amide bonds. The molecule has 5 nitrogen and oxygen atoms in total. The largest absolute Gasteiger partial charge is 0.481 e. The molecule has 0 aromatic rings. The van der Waals surface area contributed by atoms with Crippen molar-refractivity contribution < 1.29 is 14.7 Å². The zero-order valence-electron chi connectivity index (χ0n) is 10.00. The lowest BCUT2D eigenvalue weighted by atomic mass is 9.92. The van der Waals surface area contributed by atoms with Gasteiger partial charge in [0.2, 0.25) is 5.91 Å². The van der Waals surface area contributed by atoms with Crippen molar-refractivity contribution in [1.29, 1.82) is 0 Å². The number of carboxylic acids is 1. The molecule has 0 spiro atoms. The van der Waals surface area contributed by atoms with E-state index in [9.17, 15) is 9.59 Å². The molecule has 1 unspecified atom stereocenters. The monoisotopic (exact) mass is 240 g/mol. The zero-order chi connectivity index (χ0) is 12.3.